The highest BCUT2D eigenvalue weighted by Gasteiger charge is 2.24. The lowest BCUT2D eigenvalue weighted by Gasteiger charge is -2.14. The molecule has 0 aliphatic heterocycles. The molecular weight excluding hydrogens is 354 g/mol. The molecule has 2 aromatic rings. The van der Waals surface area contributed by atoms with Crippen LogP contribution >= 0.6 is 0 Å². The van der Waals surface area contributed by atoms with Gasteiger partial charge in [0.1, 0.15) is 11.4 Å². The van der Waals surface area contributed by atoms with E-state index in [4.69, 9.17) is 10.5 Å². The minimum absolute atomic E-state index is 0.228. The van der Waals surface area contributed by atoms with E-state index in [2.05, 4.69) is 0 Å². The van der Waals surface area contributed by atoms with E-state index in [9.17, 15) is 24.3 Å². The van der Waals surface area contributed by atoms with E-state index in [0.717, 1.165) is 9.13 Å². The molecule has 0 unspecified atom stereocenters. The fourth-order valence-corrected chi connectivity index (χ4v) is 2.54. The molecule has 0 radical (unpaired) electrons. The Morgan fingerprint density at radius 3 is 2.44 bits per heavy atom. The highest BCUT2D eigenvalue weighted by molar-refractivity contribution is 6.01. The number of esters is 1. The molecule has 2 rings (SSSR count). The number of nitrogens with two attached hydrogens (primary N) is 1. The van der Waals surface area contributed by atoms with Crippen LogP contribution < -0.4 is 17.0 Å². The zero-order chi connectivity index (χ0) is 20.1. The van der Waals surface area contributed by atoms with Crippen LogP contribution in [0, 0.1) is 0 Å². The molecule has 9 heteroatoms. The Labute approximate surface area is 154 Å². The Balaban J connectivity index is 2.22. The number of carbonyl (C=O) groups excluding carboxylic acids is 2. The summed E-state index contributed by atoms with van der Waals surface area (Å²) in [5.74, 6) is -2.16. The lowest BCUT2D eigenvalue weighted by molar-refractivity contribution is -0.152. The molecule has 0 saturated carbocycles. The van der Waals surface area contributed by atoms with E-state index in [1.165, 1.54) is 19.2 Å². The van der Waals surface area contributed by atoms with Crippen molar-refractivity contribution in [2.75, 3.05) is 12.3 Å². The number of aliphatic hydroxyl groups is 1. The number of carbonyl (C=O) groups is 2. The number of Topliss-reactive ketones (excluding diaryl/α,β-unsaturated/α-hetero) is 1. The summed E-state index contributed by atoms with van der Waals surface area (Å²) >= 11 is 0. The van der Waals surface area contributed by atoms with Crippen molar-refractivity contribution in [2.24, 2.45) is 7.05 Å². The summed E-state index contributed by atoms with van der Waals surface area (Å²) in [6.07, 6.45) is -0.998. The lowest BCUT2D eigenvalue weighted by atomic mass is 10.1. The summed E-state index contributed by atoms with van der Waals surface area (Å²) in [6, 6.07) is 8.05. The van der Waals surface area contributed by atoms with Crippen molar-refractivity contribution in [2.45, 2.75) is 26.0 Å². The molecule has 0 aliphatic carbocycles. The largest absolute Gasteiger partial charge is 0.455 e. The Morgan fingerprint density at radius 1 is 1.22 bits per heavy atom. The average Bonchev–Trinajstić information content (AvgIpc) is 2.68. The highest BCUT2D eigenvalue weighted by atomic mass is 16.5. The Hall–Kier alpha value is -3.20. The quantitative estimate of drug-likeness (QED) is 0.514. The van der Waals surface area contributed by atoms with Crippen molar-refractivity contribution in [1.29, 1.82) is 0 Å². The number of nitrogens with zero attached hydrogens (tertiary/aromatic N) is 2. The molecule has 0 bridgehead atoms. The van der Waals surface area contributed by atoms with Gasteiger partial charge in [0.05, 0.1) is 0 Å². The van der Waals surface area contributed by atoms with E-state index >= 15 is 0 Å². The van der Waals surface area contributed by atoms with Crippen molar-refractivity contribution >= 4 is 17.6 Å². The van der Waals surface area contributed by atoms with Gasteiger partial charge < -0.3 is 15.6 Å². The van der Waals surface area contributed by atoms with Crippen molar-refractivity contribution in [3.63, 3.8) is 0 Å². The van der Waals surface area contributed by atoms with Gasteiger partial charge in [-0.3, -0.25) is 18.7 Å². The number of nitrogen functional groups attached to an aromatic ring is 1. The molecule has 0 fully saturated rings. The summed E-state index contributed by atoms with van der Waals surface area (Å²) in [6.45, 7) is 1.25. The SMILES string of the molecule is CCCn1c(N)c(C(=O)COC(=O)[C@H](O)c2ccccc2)c(=O)n(C)c1=O. The van der Waals surface area contributed by atoms with Gasteiger partial charge in [-0.25, -0.2) is 9.59 Å². The summed E-state index contributed by atoms with van der Waals surface area (Å²) in [4.78, 5) is 48.7. The molecule has 144 valence electrons. The van der Waals surface area contributed by atoms with Crippen molar-refractivity contribution < 1.29 is 19.4 Å². The van der Waals surface area contributed by atoms with Crippen LogP contribution in [0.2, 0.25) is 0 Å². The van der Waals surface area contributed by atoms with Gasteiger partial charge >= 0.3 is 11.7 Å². The predicted molar refractivity (Wildman–Crippen MR) is 97.3 cm³/mol. The summed E-state index contributed by atoms with van der Waals surface area (Å²) in [5.41, 5.74) is 4.22. The monoisotopic (exact) mass is 375 g/mol. The summed E-state index contributed by atoms with van der Waals surface area (Å²) < 4.78 is 6.72. The standard InChI is InChI=1S/C18H21N3O6/c1-3-9-21-15(19)13(16(24)20(2)18(21)26)12(22)10-27-17(25)14(23)11-7-5-4-6-8-11/h4-8,14,23H,3,9-10,19H2,1-2H3/t14-/m1/s1. The molecule has 3 N–H and O–H groups in total. The molecule has 0 spiro atoms. The molecule has 0 amide bonds. The topological polar surface area (TPSA) is 134 Å². The zero-order valence-corrected chi connectivity index (χ0v) is 15.0. The predicted octanol–water partition coefficient (Wildman–Crippen LogP) is -0.00130. The first-order valence-electron chi connectivity index (χ1n) is 8.31. The van der Waals surface area contributed by atoms with Crippen LogP contribution in [0.3, 0.4) is 0 Å². The number of anilines is 1. The number of aromatic nitrogens is 2. The van der Waals surface area contributed by atoms with Gasteiger partial charge in [0, 0.05) is 13.6 Å². The van der Waals surface area contributed by atoms with Crippen LogP contribution in [0.5, 0.6) is 0 Å². The Bertz CT molecular complexity index is 962. The zero-order valence-electron chi connectivity index (χ0n) is 15.0. The van der Waals surface area contributed by atoms with Gasteiger partial charge in [-0.1, -0.05) is 37.3 Å². The maximum atomic E-state index is 12.4. The second-order valence-corrected chi connectivity index (χ2v) is 5.90. The molecule has 0 aliphatic rings. The fraction of sp³-hybridized carbons (Fsp3) is 0.333. The number of benzene rings is 1. The highest BCUT2D eigenvalue weighted by Crippen LogP contribution is 2.14. The minimum Gasteiger partial charge on any atom is -0.455 e. The Kier molecular flexibility index (Phi) is 6.30. The van der Waals surface area contributed by atoms with Crippen molar-refractivity contribution in [1.82, 2.24) is 9.13 Å². The van der Waals surface area contributed by atoms with Gasteiger partial charge in [0.25, 0.3) is 5.56 Å². The number of ketones is 1. The first-order chi connectivity index (χ1) is 12.8. The van der Waals surface area contributed by atoms with Crippen LogP contribution in [-0.4, -0.2) is 32.6 Å². The molecule has 0 saturated heterocycles. The summed E-state index contributed by atoms with van der Waals surface area (Å²) in [7, 11) is 1.23. The molecule has 1 aromatic carbocycles. The van der Waals surface area contributed by atoms with Crippen LogP contribution in [0.1, 0.15) is 35.4 Å². The maximum Gasteiger partial charge on any atom is 0.340 e. The second-order valence-electron chi connectivity index (χ2n) is 5.90. The van der Waals surface area contributed by atoms with Crippen molar-refractivity contribution in [3.8, 4) is 0 Å². The lowest BCUT2D eigenvalue weighted by Crippen LogP contribution is -2.43. The number of ether oxygens (including phenoxy) is 1. The molecule has 1 aromatic heterocycles. The molecule has 9 nitrogen and oxygen atoms in total. The van der Waals surface area contributed by atoms with Gasteiger partial charge in [-0.2, -0.15) is 0 Å². The average molecular weight is 375 g/mol. The first kappa shape index (κ1) is 20.1. The third-order valence-electron chi connectivity index (χ3n) is 3.99. The maximum absolute atomic E-state index is 12.4. The summed E-state index contributed by atoms with van der Waals surface area (Å²) in [5, 5.41) is 9.95. The Morgan fingerprint density at radius 2 is 1.85 bits per heavy atom. The second kappa shape index (κ2) is 8.45. The number of hydrogen-bond acceptors (Lipinski definition) is 7. The van der Waals surface area contributed by atoms with Crippen LogP contribution in [0.25, 0.3) is 0 Å². The molecule has 1 heterocycles. The fourth-order valence-electron chi connectivity index (χ4n) is 2.54. The van der Waals surface area contributed by atoms with E-state index < -0.39 is 41.3 Å². The van der Waals surface area contributed by atoms with E-state index in [1.807, 2.05) is 6.92 Å². The third-order valence-corrected chi connectivity index (χ3v) is 3.99. The molecule has 27 heavy (non-hydrogen) atoms. The van der Waals surface area contributed by atoms with Gasteiger partial charge in [-0.05, 0) is 12.0 Å². The van der Waals surface area contributed by atoms with Crippen LogP contribution in [-0.2, 0) is 23.1 Å². The van der Waals surface area contributed by atoms with E-state index in [-0.39, 0.29) is 12.4 Å². The van der Waals surface area contributed by atoms with Gasteiger partial charge in [0.15, 0.2) is 12.7 Å². The number of aliphatic hydroxyl groups excluding tert-OH is 1. The van der Waals surface area contributed by atoms with Crippen LogP contribution in [0.15, 0.2) is 39.9 Å². The number of hydrogen-bond donors (Lipinski definition) is 2. The molecular formula is C18H21N3O6. The van der Waals surface area contributed by atoms with E-state index in [1.54, 1.807) is 18.2 Å². The first-order valence-corrected chi connectivity index (χ1v) is 8.31. The minimum atomic E-state index is -1.56. The third kappa shape index (κ3) is 4.14. The van der Waals surface area contributed by atoms with E-state index in [0.29, 0.717) is 12.0 Å². The normalized spacial score (nSPS) is 11.8. The van der Waals surface area contributed by atoms with Crippen molar-refractivity contribution in [3.05, 3.63) is 62.3 Å². The molecule has 1 atom stereocenters. The number of rotatable bonds is 7. The van der Waals surface area contributed by atoms with Gasteiger partial charge in [-0.15, -0.1) is 0 Å². The van der Waals surface area contributed by atoms with Crippen LogP contribution in [0.4, 0.5) is 5.82 Å². The van der Waals surface area contributed by atoms with Gasteiger partial charge in [0.2, 0.25) is 5.78 Å². The smallest absolute Gasteiger partial charge is 0.340 e.